The molecule has 1 heterocycles. The zero-order valence-corrected chi connectivity index (χ0v) is 8.88. The van der Waals surface area contributed by atoms with Gasteiger partial charge in [0.15, 0.2) is 0 Å². The molecule has 1 aromatic carbocycles. The van der Waals surface area contributed by atoms with E-state index in [1.807, 2.05) is 0 Å². The van der Waals surface area contributed by atoms with Crippen LogP contribution in [0.3, 0.4) is 0 Å². The second-order valence-corrected chi connectivity index (χ2v) is 3.54. The molecule has 0 radical (unpaired) electrons. The summed E-state index contributed by atoms with van der Waals surface area (Å²) < 4.78 is 0. The second kappa shape index (κ2) is 4.22. The molecule has 5 nitrogen and oxygen atoms in total. The minimum atomic E-state index is -0.417. The van der Waals surface area contributed by atoms with Crippen LogP contribution in [0.4, 0.5) is 5.69 Å². The fourth-order valence-corrected chi connectivity index (χ4v) is 1.52. The molecule has 0 unspecified atom stereocenters. The first kappa shape index (κ1) is 10.5. The predicted octanol–water partition coefficient (Wildman–Crippen LogP) is 2.49. The van der Waals surface area contributed by atoms with Gasteiger partial charge in [0.25, 0.3) is 5.69 Å². The molecule has 0 bridgehead atoms. The Morgan fingerprint density at radius 1 is 1.44 bits per heavy atom. The van der Waals surface area contributed by atoms with Gasteiger partial charge in [0.2, 0.25) is 0 Å². The van der Waals surface area contributed by atoms with E-state index < -0.39 is 4.92 Å². The molecule has 1 aromatic heterocycles. The molecule has 0 aliphatic carbocycles. The molecule has 0 saturated heterocycles. The highest BCUT2D eigenvalue weighted by Crippen LogP contribution is 2.18. The van der Waals surface area contributed by atoms with E-state index in [1.54, 1.807) is 12.3 Å². The first-order valence-corrected chi connectivity index (χ1v) is 5.11. The highest BCUT2D eigenvalue weighted by Gasteiger charge is 2.07. The van der Waals surface area contributed by atoms with Crippen LogP contribution in [0.25, 0.3) is 10.9 Å². The van der Waals surface area contributed by atoms with E-state index >= 15 is 0 Å². The van der Waals surface area contributed by atoms with Gasteiger partial charge in [-0.15, -0.1) is 0 Å². The SMILES string of the molecule is CCCc1ncc2cc([N+](=O)[O-])ccc2n1. The van der Waals surface area contributed by atoms with E-state index in [0.717, 1.165) is 24.2 Å². The quantitative estimate of drug-likeness (QED) is 0.585. The first-order valence-electron chi connectivity index (χ1n) is 5.11. The number of non-ortho nitro benzene ring substituents is 1. The van der Waals surface area contributed by atoms with Crippen LogP contribution in [0.15, 0.2) is 24.4 Å². The van der Waals surface area contributed by atoms with Gasteiger partial charge in [0.1, 0.15) is 5.82 Å². The summed E-state index contributed by atoms with van der Waals surface area (Å²) in [7, 11) is 0. The van der Waals surface area contributed by atoms with Gasteiger partial charge in [-0.05, 0) is 12.5 Å². The minimum absolute atomic E-state index is 0.0688. The van der Waals surface area contributed by atoms with Crippen molar-refractivity contribution in [2.75, 3.05) is 0 Å². The van der Waals surface area contributed by atoms with E-state index in [9.17, 15) is 10.1 Å². The molecule has 0 amide bonds. The summed E-state index contributed by atoms with van der Waals surface area (Å²) in [4.78, 5) is 18.7. The Hall–Kier alpha value is -2.04. The molecule has 16 heavy (non-hydrogen) atoms. The number of aryl methyl sites for hydroxylation is 1. The molecule has 0 atom stereocenters. The smallest absolute Gasteiger partial charge is 0.258 e. The maximum Gasteiger partial charge on any atom is 0.270 e. The van der Waals surface area contributed by atoms with Crippen molar-refractivity contribution < 1.29 is 4.92 Å². The van der Waals surface area contributed by atoms with Gasteiger partial charge in [0.05, 0.1) is 10.4 Å². The van der Waals surface area contributed by atoms with Crippen molar-refractivity contribution in [1.29, 1.82) is 0 Å². The van der Waals surface area contributed by atoms with Gasteiger partial charge < -0.3 is 0 Å². The lowest BCUT2D eigenvalue weighted by atomic mass is 10.2. The zero-order valence-electron chi connectivity index (χ0n) is 8.88. The van der Waals surface area contributed by atoms with Crippen LogP contribution in [-0.4, -0.2) is 14.9 Å². The van der Waals surface area contributed by atoms with Crippen LogP contribution in [0, 0.1) is 10.1 Å². The Kier molecular flexibility index (Phi) is 2.76. The Morgan fingerprint density at radius 2 is 2.25 bits per heavy atom. The fourth-order valence-electron chi connectivity index (χ4n) is 1.52. The molecule has 0 spiro atoms. The Labute approximate surface area is 92.3 Å². The molecule has 82 valence electrons. The largest absolute Gasteiger partial charge is 0.270 e. The van der Waals surface area contributed by atoms with E-state index in [2.05, 4.69) is 16.9 Å². The van der Waals surface area contributed by atoms with E-state index in [-0.39, 0.29) is 5.69 Å². The number of nitro benzene ring substituents is 1. The van der Waals surface area contributed by atoms with Crippen molar-refractivity contribution in [3.05, 3.63) is 40.3 Å². The summed E-state index contributed by atoms with van der Waals surface area (Å²) in [5, 5.41) is 11.3. The summed E-state index contributed by atoms with van der Waals surface area (Å²) >= 11 is 0. The number of nitrogens with zero attached hydrogens (tertiary/aromatic N) is 3. The van der Waals surface area contributed by atoms with E-state index in [1.165, 1.54) is 12.1 Å². The zero-order chi connectivity index (χ0) is 11.5. The maximum atomic E-state index is 10.6. The van der Waals surface area contributed by atoms with Crippen molar-refractivity contribution in [1.82, 2.24) is 9.97 Å². The molecule has 0 N–H and O–H groups in total. The van der Waals surface area contributed by atoms with Gasteiger partial charge in [-0.1, -0.05) is 6.92 Å². The van der Waals surface area contributed by atoms with Crippen LogP contribution in [0.2, 0.25) is 0 Å². The Morgan fingerprint density at radius 3 is 2.94 bits per heavy atom. The average Bonchev–Trinajstić information content (AvgIpc) is 2.28. The van der Waals surface area contributed by atoms with Gasteiger partial charge in [-0.25, -0.2) is 9.97 Å². The highest BCUT2D eigenvalue weighted by molar-refractivity contribution is 5.80. The molecule has 5 heteroatoms. The molecule has 2 rings (SSSR count). The first-order chi connectivity index (χ1) is 7.70. The lowest BCUT2D eigenvalue weighted by molar-refractivity contribution is -0.384. The lowest BCUT2D eigenvalue weighted by Crippen LogP contribution is -1.95. The summed E-state index contributed by atoms with van der Waals surface area (Å²) in [6.07, 6.45) is 3.45. The molecule has 0 aliphatic rings. The molecular formula is C11H11N3O2. The highest BCUT2D eigenvalue weighted by atomic mass is 16.6. The number of hydrogen-bond donors (Lipinski definition) is 0. The third-order valence-corrected chi connectivity index (χ3v) is 2.30. The third kappa shape index (κ3) is 1.98. The monoisotopic (exact) mass is 217 g/mol. The van der Waals surface area contributed by atoms with Crippen molar-refractivity contribution in [3.8, 4) is 0 Å². The topological polar surface area (TPSA) is 68.9 Å². The minimum Gasteiger partial charge on any atom is -0.258 e. The van der Waals surface area contributed by atoms with Crippen molar-refractivity contribution >= 4 is 16.6 Å². The van der Waals surface area contributed by atoms with Crippen LogP contribution in [-0.2, 0) is 6.42 Å². The summed E-state index contributed by atoms with van der Waals surface area (Å²) in [6, 6.07) is 4.62. The molecule has 2 aromatic rings. The normalized spacial score (nSPS) is 10.6. The van der Waals surface area contributed by atoms with Gasteiger partial charge in [0, 0.05) is 30.1 Å². The van der Waals surface area contributed by atoms with E-state index in [0.29, 0.717) is 5.39 Å². The predicted molar refractivity (Wildman–Crippen MR) is 60.2 cm³/mol. The van der Waals surface area contributed by atoms with Crippen molar-refractivity contribution in [2.24, 2.45) is 0 Å². The fraction of sp³-hybridized carbons (Fsp3) is 0.273. The average molecular weight is 217 g/mol. The lowest BCUT2D eigenvalue weighted by Gasteiger charge is -2.00. The number of benzene rings is 1. The van der Waals surface area contributed by atoms with Crippen LogP contribution < -0.4 is 0 Å². The molecule has 0 aliphatic heterocycles. The van der Waals surface area contributed by atoms with Gasteiger partial charge in [-0.2, -0.15) is 0 Å². The number of rotatable bonds is 3. The van der Waals surface area contributed by atoms with Gasteiger partial charge in [-0.3, -0.25) is 10.1 Å². The Bertz CT molecular complexity index is 540. The third-order valence-electron chi connectivity index (χ3n) is 2.30. The standard InChI is InChI=1S/C11H11N3O2/c1-2-3-11-12-7-8-6-9(14(15)16)4-5-10(8)13-11/h4-7H,2-3H2,1H3. The molecule has 0 saturated carbocycles. The van der Waals surface area contributed by atoms with E-state index in [4.69, 9.17) is 0 Å². The number of aromatic nitrogens is 2. The van der Waals surface area contributed by atoms with Crippen molar-refractivity contribution in [3.63, 3.8) is 0 Å². The van der Waals surface area contributed by atoms with Crippen LogP contribution in [0.5, 0.6) is 0 Å². The number of nitro groups is 1. The van der Waals surface area contributed by atoms with Gasteiger partial charge >= 0.3 is 0 Å². The number of hydrogen-bond acceptors (Lipinski definition) is 4. The van der Waals surface area contributed by atoms with Crippen LogP contribution in [0.1, 0.15) is 19.2 Å². The van der Waals surface area contributed by atoms with Crippen molar-refractivity contribution in [2.45, 2.75) is 19.8 Å². The second-order valence-electron chi connectivity index (χ2n) is 3.54. The summed E-state index contributed by atoms with van der Waals surface area (Å²) in [5.74, 6) is 0.781. The summed E-state index contributed by atoms with van der Waals surface area (Å²) in [6.45, 7) is 2.06. The number of fused-ring (bicyclic) bond motifs is 1. The maximum absolute atomic E-state index is 10.6. The Balaban J connectivity index is 2.48. The molecule has 0 fully saturated rings. The van der Waals surface area contributed by atoms with Crippen LogP contribution >= 0.6 is 0 Å². The summed E-state index contributed by atoms with van der Waals surface area (Å²) in [5.41, 5.74) is 0.823. The molecular weight excluding hydrogens is 206 g/mol.